The number of urea groups is 1. The van der Waals surface area contributed by atoms with Crippen molar-refractivity contribution >= 4 is 49.4 Å². The van der Waals surface area contributed by atoms with Gasteiger partial charge >= 0.3 is 6.03 Å². The van der Waals surface area contributed by atoms with Crippen molar-refractivity contribution in [1.82, 2.24) is 19.4 Å². The van der Waals surface area contributed by atoms with E-state index in [2.05, 4.69) is 5.32 Å². The average Bonchev–Trinajstić information content (AvgIpc) is 3.23. The molecule has 2 saturated heterocycles. The van der Waals surface area contributed by atoms with E-state index in [0.29, 0.717) is 11.3 Å². The van der Waals surface area contributed by atoms with E-state index in [1.165, 1.54) is 9.21 Å². The van der Waals surface area contributed by atoms with E-state index >= 15 is 0 Å². The van der Waals surface area contributed by atoms with Crippen molar-refractivity contribution in [3.8, 4) is 5.75 Å². The molecule has 216 valence electrons. The summed E-state index contributed by atoms with van der Waals surface area (Å²) in [6.07, 6.45) is 0. The summed E-state index contributed by atoms with van der Waals surface area (Å²) in [5.41, 5.74) is -0.737. The highest BCUT2D eigenvalue weighted by molar-refractivity contribution is 7.89. The summed E-state index contributed by atoms with van der Waals surface area (Å²) in [5, 5.41) is 6.33. The van der Waals surface area contributed by atoms with Gasteiger partial charge in [0.25, 0.3) is 5.91 Å². The molecule has 0 radical (unpaired) electrons. The first-order chi connectivity index (χ1) is 20.1. The Bertz CT molecular complexity index is 1850. The van der Waals surface area contributed by atoms with Crippen LogP contribution in [0.5, 0.6) is 5.75 Å². The number of rotatable bonds is 6. The van der Waals surface area contributed by atoms with E-state index in [1.807, 2.05) is 54.6 Å². The average molecular weight is 587 g/mol. The van der Waals surface area contributed by atoms with Crippen LogP contribution >= 0.6 is 0 Å². The van der Waals surface area contributed by atoms with Gasteiger partial charge in [-0.05, 0) is 64.4 Å². The topological polar surface area (TPSA) is 116 Å². The van der Waals surface area contributed by atoms with Crippen LogP contribution in [0, 0.1) is 0 Å². The molecule has 4 amide bonds. The fourth-order valence-corrected chi connectivity index (χ4v) is 7.05. The number of benzene rings is 4. The Kier molecular flexibility index (Phi) is 6.86. The number of hydrogen-bond donors (Lipinski definition) is 1. The summed E-state index contributed by atoms with van der Waals surface area (Å²) in [5.74, 6) is -0.231. The molecule has 2 fully saturated rings. The fraction of sp³-hybridized carbons (Fsp3) is 0.258. The summed E-state index contributed by atoms with van der Waals surface area (Å²) in [7, 11) is -2.16. The molecule has 2 aliphatic rings. The van der Waals surface area contributed by atoms with Crippen molar-refractivity contribution in [3.05, 3.63) is 84.4 Å². The predicted octanol–water partition coefficient (Wildman–Crippen LogP) is 3.30. The van der Waals surface area contributed by atoms with Crippen LogP contribution in [-0.4, -0.2) is 80.2 Å². The molecule has 0 unspecified atom stereocenters. The van der Waals surface area contributed by atoms with Crippen molar-refractivity contribution in [1.29, 1.82) is 0 Å². The van der Waals surface area contributed by atoms with Crippen LogP contribution in [0.25, 0.3) is 21.5 Å². The van der Waals surface area contributed by atoms with Crippen molar-refractivity contribution in [2.75, 3.05) is 39.8 Å². The third-order valence-electron chi connectivity index (χ3n) is 8.14. The molecular formula is C31H30N4O6S. The Morgan fingerprint density at radius 1 is 0.857 bits per heavy atom. The summed E-state index contributed by atoms with van der Waals surface area (Å²) >= 11 is 0. The number of nitrogens with one attached hydrogen (secondary N) is 1. The Hall–Kier alpha value is -4.48. The molecule has 0 saturated carbocycles. The Labute approximate surface area is 243 Å². The molecule has 0 aromatic heterocycles. The molecule has 4 aromatic carbocycles. The van der Waals surface area contributed by atoms with Gasteiger partial charge in [-0.15, -0.1) is 0 Å². The highest BCUT2D eigenvalue weighted by Crippen LogP contribution is 2.32. The number of amides is 4. The number of ether oxygens (including phenoxy) is 1. The first-order valence-electron chi connectivity index (χ1n) is 13.6. The summed E-state index contributed by atoms with van der Waals surface area (Å²) < 4.78 is 33.2. The van der Waals surface area contributed by atoms with Gasteiger partial charge in [-0.1, -0.05) is 48.5 Å². The zero-order valence-electron chi connectivity index (χ0n) is 23.2. The van der Waals surface area contributed by atoms with Gasteiger partial charge < -0.3 is 15.0 Å². The number of hydrogen-bond acceptors (Lipinski definition) is 6. The van der Waals surface area contributed by atoms with Crippen LogP contribution < -0.4 is 10.1 Å². The van der Waals surface area contributed by atoms with E-state index in [0.717, 1.165) is 26.4 Å². The largest absolute Gasteiger partial charge is 0.497 e. The van der Waals surface area contributed by atoms with Crippen molar-refractivity contribution in [2.45, 2.75) is 17.4 Å². The maximum Gasteiger partial charge on any atom is 0.325 e. The zero-order valence-corrected chi connectivity index (χ0v) is 24.1. The second-order valence-corrected chi connectivity index (χ2v) is 12.6. The lowest BCUT2D eigenvalue weighted by Gasteiger charge is -2.34. The maximum absolute atomic E-state index is 13.5. The van der Waals surface area contributed by atoms with E-state index in [1.54, 1.807) is 38.3 Å². The SMILES string of the molecule is COc1ccc2cc([C@]3(C)NC(=O)N(CC(=O)N4CCN(S(=O)(=O)c5ccc6ccccc6c5)CC4)C3=O)ccc2c1. The van der Waals surface area contributed by atoms with Gasteiger partial charge in [-0.25, -0.2) is 13.2 Å². The third kappa shape index (κ3) is 4.74. The normalized spacial score (nSPS) is 19.9. The minimum absolute atomic E-state index is 0.112. The summed E-state index contributed by atoms with van der Waals surface area (Å²) in [6.45, 7) is 1.73. The van der Waals surface area contributed by atoms with Crippen LogP contribution in [0.1, 0.15) is 12.5 Å². The van der Waals surface area contributed by atoms with Crippen LogP contribution in [0.4, 0.5) is 4.79 Å². The quantitative estimate of drug-likeness (QED) is 0.347. The lowest BCUT2D eigenvalue weighted by atomic mass is 9.90. The second kappa shape index (κ2) is 10.4. The number of imide groups is 1. The third-order valence-corrected chi connectivity index (χ3v) is 10.0. The van der Waals surface area contributed by atoms with E-state index in [9.17, 15) is 22.8 Å². The van der Waals surface area contributed by atoms with Crippen molar-refractivity contribution in [2.24, 2.45) is 0 Å². The lowest BCUT2D eigenvalue weighted by Crippen LogP contribution is -2.53. The highest BCUT2D eigenvalue weighted by Gasteiger charge is 2.50. The first-order valence-corrected chi connectivity index (χ1v) is 15.0. The van der Waals surface area contributed by atoms with Gasteiger partial charge in [0.05, 0.1) is 12.0 Å². The molecular weight excluding hydrogens is 556 g/mol. The number of fused-ring (bicyclic) bond motifs is 2. The Morgan fingerprint density at radius 2 is 1.50 bits per heavy atom. The van der Waals surface area contributed by atoms with Gasteiger partial charge in [-0.3, -0.25) is 14.5 Å². The maximum atomic E-state index is 13.5. The highest BCUT2D eigenvalue weighted by atomic mass is 32.2. The van der Waals surface area contributed by atoms with Crippen LogP contribution in [0.15, 0.2) is 83.8 Å². The van der Waals surface area contributed by atoms with Crippen LogP contribution in [-0.2, 0) is 25.2 Å². The standard InChI is InChI=1S/C31H30N4O6S/c1-31(25-10-7-24-18-26(41-2)11-8-23(24)17-25)29(37)35(30(38)32-31)20-28(36)33-13-15-34(16-14-33)42(39,40)27-12-9-21-5-3-4-6-22(21)19-27/h3-12,17-19H,13-16,20H2,1-2H3,(H,32,38)/t31-/m0/s1. The minimum atomic E-state index is -3.75. The van der Waals surface area contributed by atoms with Gasteiger partial charge in [-0.2, -0.15) is 4.31 Å². The number of carbonyl (C=O) groups is 3. The number of piperazine rings is 1. The van der Waals surface area contributed by atoms with Crippen LogP contribution in [0.3, 0.4) is 0 Å². The fourth-order valence-electron chi connectivity index (χ4n) is 5.59. The molecule has 42 heavy (non-hydrogen) atoms. The smallest absolute Gasteiger partial charge is 0.325 e. The molecule has 4 aromatic rings. The van der Waals surface area contributed by atoms with Crippen molar-refractivity contribution in [3.63, 3.8) is 0 Å². The molecule has 11 heteroatoms. The molecule has 6 rings (SSSR count). The lowest BCUT2D eigenvalue weighted by molar-refractivity contribution is -0.139. The summed E-state index contributed by atoms with van der Waals surface area (Å²) in [4.78, 5) is 42.2. The molecule has 10 nitrogen and oxygen atoms in total. The van der Waals surface area contributed by atoms with E-state index in [4.69, 9.17) is 4.74 Å². The predicted molar refractivity (Wildman–Crippen MR) is 157 cm³/mol. The molecule has 0 bridgehead atoms. The van der Waals surface area contributed by atoms with Gasteiger partial charge in [0.2, 0.25) is 15.9 Å². The summed E-state index contributed by atoms with van der Waals surface area (Å²) in [6, 6.07) is 23.0. The number of nitrogens with zero attached hydrogens (tertiary/aromatic N) is 3. The molecule has 0 aliphatic carbocycles. The second-order valence-electron chi connectivity index (χ2n) is 10.7. The molecule has 2 aliphatic heterocycles. The Morgan fingerprint density at radius 3 is 2.24 bits per heavy atom. The van der Waals surface area contributed by atoms with Gasteiger partial charge in [0.15, 0.2) is 0 Å². The first kappa shape index (κ1) is 27.7. The molecule has 1 N–H and O–H groups in total. The zero-order chi connectivity index (χ0) is 29.6. The number of carbonyl (C=O) groups excluding carboxylic acids is 3. The van der Waals surface area contributed by atoms with Gasteiger partial charge in [0, 0.05) is 26.2 Å². The Balaban J connectivity index is 1.12. The number of sulfonamides is 1. The van der Waals surface area contributed by atoms with E-state index in [-0.39, 0.29) is 31.1 Å². The van der Waals surface area contributed by atoms with Crippen LogP contribution in [0.2, 0.25) is 0 Å². The monoisotopic (exact) mass is 586 g/mol. The molecule has 0 spiro atoms. The molecule has 1 atom stereocenters. The van der Waals surface area contributed by atoms with Crippen molar-refractivity contribution < 1.29 is 27.5 Å². The van der Waals surface area contributed by atoms with E-state index < -0.39 is 40.0 Å². The minimum Gasteiger partial charge on any atom is -0.497 e. The number of methoxy groups -OCH3 is 1. The van der Waals surface area contributed by atoms with Gasteiger partial charge in [0.1, 0.15) is 17.8 Å². The molecule has 2 heterocycles.